The predicted molar refractivity (Wildman–Crippen MR) is 75.3 cm³/mol. The molecule has 0 aliphatic carbocycles. The molecule has 0 aliphatic rings. The Kier molecular flexibility index (Phi) is 5.72. The first-order valence-electron chi connectivity index (χ1n) is 6.10. The molecule has 0 aliphatic heterocycles. The monoisotopic (exact) mass is 286 g/mol. The molecule has 1 aromatic carbocycles. The molecular weight excluding hydrogens is 268 g/mol. The van der Waals surface area contributed by atoms with Crippen molar-refractivity contribution in [2.45, 2.75) is 26.8 Å². The number of nitro benzene ring substituents is 1. The summed E-state index contributed by atoms with van der Waals surface area (Å²) in [7, 11) is 0. The van der Waals surface area contributed by atoms with Crippen molar-refractivity contribution in [3.05, 3.63) is 38.9 Å². The number of nitrogens with zero attached hydrogens (tertiary/aromatic N) is 1. The average molecular weight is 287 g/mol. The molecule has 0 bridgehead atoms. The van der Waals surface area contributed by atoms with Crippen LogP contribution in [0.3, 0.4) is 0 Å². The third kappa shape index (κ3) is 5.14. The van der Waals surface area contributed by atoms with Crippen LogP contribution in [-0.4, -0.2) is 23.2 Å². The molecule has 1 aromatic rings. The third-order valence-electron chi connectivity index (χ3n) is 2.95. The van der Waals surface area contributed by atoms with E-state index in [0.717, 1.165) is 0 Å². The summed E-state index contributed by atoms with van der Waals surface area (Å²) in [6.45, 7) is 5.28. The Labute approximate surface area is 117 Å². The molecule has 0 spiro atoms. The highest BCUT2D eigenvalue weighted by Crippen LogP contribution is 2.24. The summed E-state index contributed by atoms with van der Waals surface area (Å²) in [6.07, 6.45) is 0.683. The Hall–Kier alpha value is -1.17. The third-order valence-corrected chi connectivity index (χ3v) is 3.19. The van der Waals surface area contributed by atoms with E-state index in [1.165, 1.54) is 6.07 Å². The molecule has 0 atom stereocenters. The van der Waals surface area contributed by atoms with Crippen LogP contribution in [0.5, 0.6) is 0 Å². The standard InChI is InChI=1S/C13H19ClN2O3/c1-13(2,5-6-17)9-15-8-10-3-4-11(14)7-12(10)16(18)19/h3-4,7,15,17H,5-6,8-9H2,1-2H3. The maximum Gasteiger partial charge on any atom is 0.275 e. The lowest BCUT2D eigenvalue weighted by atomic mass is 9.90. The lowest BCUT2D eigenvalue weighted by Gasteiger charge is -2.23. The second kappa shape index (κ2) is 6.84. The summed E-state index contributed by atoms with van der Waals surface area (Å²) in [5, 5.41) is 23.4. The molecule has 0 unspecified atom stereocenters. The van der Waals surface area contributed by atoms with E-state index in [4.69, 9.17) is 16.7 Å². The normalized spacial score (nSPS) is 11.6. The Morgan fingerprint density at radius 3 is 2.74 bits per heavy atom. The Morgan fingerprint density at radius 2 is 2.16 bits per heavy atom. The molecule has 2 N–H and O–H groups in total. The van der Waals surface area contributed by atoms with Crippen molar-refractivity contribution in [3.63, 3.8) is 0 Å². The lowest BCUT2D eigenvalue weighted by molar-refractivity contribution is -0.385. The molecule has 0 amide bonds. The highest BCUT2D eigenvalue weighted by atomic mass is 35.5. The van der Waals surface area contributed by atoms with Gasteiger partial charge in [-0.25, -0.2) is 0 Å². The van der Waals surface area contributed by atoms with Crippen molar-refractivity contribution >= 4 is 17.3 Å². The molecular formula is C13H19ClN2O3. The zero-order valence-electron chi connectivity index (χ0n) is 11.1. The topological polar surface area (TPSA) is 75.4 Å². The van der Waals surface area contributed by atoms with Crippen LogP contribution in [0.25, 0.3) is 0 Å². The first kappa shape index (κ1) is 15.9. The quantitative estimate of drug-likeness (QED) is 0.597. The molecule has 0 radical (unpaired) electrons. The molecule has 0 saturated carbocycles. The molecule has 1 rings (SSSR count). The Bertz CT molecular complexity index is 450. The fraction of sp³-hybridized carbons (Fsp3) is 0.538. The van der Waals surface area contributed by atoms with E-state index in [9.17, 15) is 10.1 Å². The predicted octanol–water partition coefficient (Wildman–Crippen LogP) is 2.75. The Balaban J connectivity index is 2.66. The van der Waals surface area contributed by atoms with Crippen LogP contribution < -0.4 is 5.32 Å². The average Bonchev–Trinajstić information content (AvgIpc) is 2.30. The van der Waals surface area contributed by atoms with Crippen molar-refractivity contribution in [1.82, 2.24) is 5.32 Å². The molecule has 106 valence electrons. The van der Waals surface area contributed by atoms with Gasteiger partial charge in [0.25, 0.3) is 5.69 Å². The summed E-state index contributed by atoms with van der Waals surface area (Å²) in [6, 6.07) is 4.66. The van der Waals surface area contributed by atoms with Gasteiger partial charge >= 0.3 is 0 Å². The molecule has 19 heavy (non-hydrogen) atoms. The van der Waals surface area contributed by atoms with Gasteiger partial charge in [0, 0.05) is 36.3 Å². The van der Waals surface area contributed by atoms with Crippen LogP contribution in [0, 0.1) is 15.5 Å². The summed E-state index contributed by atoms with van der Waals surface area (Å²) < 4.78 is 0. The zero-order valence-corrected chi connectivity index (χ0v) is 11.9. The summed E-state index contributed by atoms with van der Waals surface area (Å²) in [5.41, 5.74) is 0.588. The maximum atomic E-state index is 10.9. The van der Waals surface area contributed by atoms with Gasteiger partial charge in [0.1, 0.15) is 0 Å². The Morgan fingerprint density at radius 1 is 1.47 bits per heavy atom. The van der Waals surface area contributed by atoms with Crippen LogP contribution in [0.15, 0.2) is 18.2 Å². The number of halogens is 1. The largest absolute Gasteiger partial charge is 0.396 e. The number of rotatable bonds is 7. The van der Waals surface area contributed by atoms with Crippen molar-refractivity contribution in [1.29, 1.82) is 0 Å². The van der Waals surface area contributed by atoms with Crippen molar-refractivity contribution < 1.29 is 10.0 Å². The van der Waals surface area contributed by atoms with Crippen LogP contribution in [0.2, 0.25) is 5.02 Å². The van der Waals surface area contributed by atoms with Gasteiger partial charge in [-0.15, -0.1) is 0 Å². The SMILES string of the molecule is CC(C)(CCO)CNCc1ccc(Cl)cc1[N+](=O)[O-]. The highest BCUT2D eigenvalue weighted by molar-refractivity contribution is 6.30. The molecule has 0 aromatic heterocycles. The number of nitrogens with one attached hydrogen (secondary N) is 1. The van der Waals surface area contributed by atoms with E-state index < -0.39 is 4.92 Å². The van der Waals surface area contributed by atoms with Gasteiger partial charge < -0.3 is 10.4 Å². The first-order chi connectivity index (χ1) is 8.85. The minimum Gasteiger partial charge on any atom is -0.396 e. The minimum atomic E-state index is -0.429. The number of hydrogen-bond acceptors (Lipinski definition) is 4. The van der Waals surface area contributed by atoms with Crippen molar-refractivity contribution in [2.75, 3.05) is 13.2 Å². The van der Waals surface area contributed by atoms with E-state index in [0.29, 0.717) is 30.1 Å². The second-order valence-corrected chi connectivity index (χ2v) is 5.71. The van der Waals surface area contributed by atoms with Crippen LogP contribution in [-0.2, 0) is 6.54 Å². The highest BCUT2D eigenvalue weighted by Gasteiger charge is 2.18. The van der Waals surface area contributed by atoms with Crippen molar-refractivity contribution in [3.8, 4) is 0 Å². The van der Waals surface area contributed by atoms with E-state index >= 15 is 0 Å². The fourth-order valence-corrected chi connectivity index (χ4v) is 1.95. The smallest absolute Gasteiger partial charge is 0.275 e. The van der Waals surface area contributed by atoms with Gasteiger partial charge in [-0.1, -0.05) is 25.4 Å². The maximum absolute atomic E-state index is 10.9. The van der Waals surface area contributed by atoms with E-state index in [1.807, 2.05) is 13.8 Å². The molecule has 6 heteroatoms. The number of hydrogen-bond donors (Lipinski definition) is 2. The number of benzene rings is 1. The first-order valence-corrected chi connectivity index (χ1v) is 6.48. The van der Waals surface area contributed by atoms with E-state index in [1.54, 1.807) is 12.1 Å². The van der Waals surface area contributed by atoms with Gasteiger partial charge in [-0.05, 0) is 24.0 Å². The van der Waals surface area contributed by atoms with Gasteiger partial charge in [0.05, 0.1) is 4.92 Å². The van der Waals surface area contributed by atoms with Crippen LogP contribution in [0.4, 0.5) is 5.69 Å². The molecule has 0 heterocycles. The molecule has 0 saturated heterocycles. The van der Waals surface area contributed by atoms with Crippen LogP contribution >= 0.6 is 11.6 Å². The fourth-order valence-electron chi connectivity index (χ4n) is 1.78. The lowest BCUT2D eigenvalue weighted by Crippen LogP contribution is -2.30. The minimum absolute atomic E-state index is 0.0277. The summed E-state index contributed by atoms with van der Waals surface area (Å²) in [4.78, 5) is 10.5. The van der Waals surface area contributed by atoms with Gasteiger partial charge in [-0.3, -0.25) is 10.1 Å². The van der Waals surface area contributed by atoms with Gasteiger partial charge in [0.2, 0.25) is 0 Å². The number of nitro groups is 1. The number of aliphatic hydroxyl groups excluding tert-OH is 1. The van der Waals surface area contributed by atoms with Gasteiger partial charge in [0.15, 0.2) is 0 Å². The summed E-state index contributed by atoms with van der Waals surface area (Å²) in [5.74, 6) is 0. The number of aliphatic hydroxyl groups is 1. The van der Waals surface area contributed by atoms with Crippen molar-refractivity contribution in [2.24, 2.45) is 5.41 Å². The van der Waals surface area contributed by atoms with E-state index in [-0.39, 0.29) is 17.7 Å². The summed E-state index contributed by atoms with van der Waals surface area (Å²) >= 11 is 5.76. The van der Waals surface area contributed by atoms with E-state index in [2.05, 4.69) is 5.32 Å². The van der Waals surface area contributed by atoms with Gasteiger partial charge in [-0.2, -0.15) is 0 Å². The second-order valence-electron chi connectivity index (χ2n) is 5.27. The van der Waals surface area contributed by atoms with Crippen LogP contribution in [0.1, 0.15) is 25.8 Å². The molecule has 0 fully saturated rings. The zero-order chi connectivity index (χ0) is 14.5. The molecule has 5 nitrogen and oxygen atoms in total.